The van der Waals surface area contributed by atoms with Gasteiger partial charge in [0.05, 0.1) is 0 Å². The predicted octanol–water partition coefficient (Wildman–Crippen LogP) is 8.30. The minimum atomic E-state index is -1.19. The fourth-order valence-electron chi connectivity index (χ4n) is 3.72. The van der Waals surface area contributed by atoms with Crippen LogP contribution in [-0.2, 0) is 9.59 Å². The molecule has 0 aromatic heterocycles. The number of carboxylic acid groups (broad SMARTS) is 1. The van der Waals surface area contributed by atoms with Gasteiger partial charge in [0.1, 0.15) is 17.4 Å². The second-order valence-electron chi connectivity index (χ2n) is 9.93. The zero-order chi connectivity index (χ0) is 30.1. The normalized spacial score (nSPS) is 13.1. The Hall–Kier alpha value is -3.93. The molecule has 6 nitrogen and oxygen atoms in total. The van der Waals surface area contributed by atoms with Gasteiger partial charge in [-0.3, -0.25) is 4.79 Å². The summed E-state index contributed by atoms with van der Waals surface area (Å²) in [6, 6.07) is 5.10. The molecule has 1 amide bonds. The fraction of sp³-hybridized carbons (Fsp3) is 0.400. The number of carboxylic acids is 1. The maximum absolute atomic E-state index is 12.7. The number of hydrogen-bond donors (Lipinski definition) is 2. The quantitative estimate of drug-likeness (QED) is 0.0949. The fourth-order valence-corrected chi connectivity index (χ4v) is 3.72. The Balaban J connectivity index is 2.31. The maximum atomic E-state index is 12.7. The van der Waals surface area contributed by atoms with Crippen molar-refractivity contribution in [3.63, 3.8) is 0 Å². The standard InChI is InChI=1S/C35H47NO5/c1-4-5-6-7-8-9-10-11-12-13-14-15-16-17-18-19-20-21-22-27-33(37)36-31(28-29(2)3)35(40)41-32-26-24-23-25-30(32)34(38)39/h5-6,8-9,11-12,14-15,17-18,20-21,23-26,29,31H,4,7,10,13,16,19,22,27-28H2,1-3H3,(H,36,37)(H,38,39)/b6-5-,9-8-,12-11-,15-14-,18-17-,21-20-. The third-order valence-electron chi connectivity index (χ3n) is 5.79. The molecule has 0 aliphatic heterocycles. The van der Waals surface area contributed by atoms with Crippen LogP contribution in [0.2, 0.25) is 0 Å². The molecule has 222 valence electrons. The molecule has 1 aromatic rings. The van der Waals surface area contributed by atoms with E-state index in [0.717, 1.165) is 38.5 Å². The highest BCUT2D eigenvalue weighted by Gasteiger charge is 2.25. The Morgan fingerprint density at radius 3 is 1.76 bits per heavy atom. The van der Waals surface area contributed by atoms with Gasteiger partial charge in [0, 0.05) is 6.42 Å². The molecule has 1 rings (SSSR count). The van der Waals surface area contributed by atoms with E-state index in [1.165, 1.54) is 12.1 Å². The number of hydrogen-bond acceptors (Lipinski definition) is 4. The summed E-state index contributed by atoms with van der Waals surface area (Å²) in [5.41, 5.74) is -0.104. The summed E-state index contributed by atoms with van der Waals surface area (Å²) in [6.45, 7) is 6.02. The molecule has 2 N–H and O–H groups in total. The summed E-state index contributed by atoms with van der Waals surface area (Å²) < 4.78 is 5.35. The zero-order valence-electron chi connectivity index (χ0n) is 24.8. The van der Waals surface area contributed by atoms with Gasteiger partial charge in [-0.25, -0.2) is 9.59 Å². The highest BCUT2D eigenvalue weighted by atomic mass is 16.5. The summed E-state index contributed by atoms with van der Waals surface area (Å²) in [5.74, 6) is -2.01. The minimum Gasteiger partial charge on any atom is -0.478 e. The molecule has 1 aromatic carbocycles. The predicted molar refractivity (Wildman–Crippen MR) is 168 cm³/mol. The first-order valence-corrected chi connectivity index (χ1v) is 14.6. The van der Waals surface area contributed by atoms with Crippen molar-refractivity contribution >= 4 is 17.8 Å². The van der Waals surface area contributed by atoms with Crippen LogP contribution >= 0.6 is 0 Å². The largest absolute Gasteiger partial charge is 0.478 e. The number of rotatable bonds is 20. The number of carbonyl (C=O) groups is 3. The van der Waals surface area contributed by atoms with E-state index in [-0.39, 0.29) is 29.6 Å². The third kappa shape index (κ3) is 18.1. The summed E-state index contributed by atoms with van der Waals surface area (Å²) in [5, 5.41) is 12.1. The van der Waals surface area contributed by atoms with Gasteiger partial charge in [-0.05, 0) is 69.4 Å². The molecule has 6 heteroatoms. The third-order valence-corrected chi connectivity index (χ3v) is 5.79. The first-order valence-electron chi connectivity index (χ1n) is 14.6. The molecule has 0 saturated heterocycles. The number of benzene rings is 1. The van der Waals surface area contributed by atoms with Crippen LogP contribution in [0, 0.1) is 5.92 Å². The van der Waals surface area contributed by atoms with Gasteiger partial charge in [-0.2, -0.15) is 0 Å². The Kier molecular flexibility index (Phi) is 19.6. The summed E-state index contributed by atoms with van der Waals surface area (Å²) in [6.07, 6.45) is 32.5. The van der Waals surface area contributed by atoms with Gasteiger partial charge in [0.25, 0.3) is 0 Å². The Morgan fingerprint density at radius 2 is 1.27 bits per heavy atom. The number of esters is 1. The molecule has 0 bridgehead atoms. The van der Waals surface area contributed by atoms with Crippen LogP contribution in [0.15, 0.2) is 97.2 Å². The van der Waals surface area contributed by atoms with Crippen molar-refractivity contribution in [1.29, 1.82) is 0 Å². The van der Waals surface area contributed by atoms with E-state index >= 15 is 0 Å². The lowest BCUT2D eigenvalue weighted by Gasteiger charge is -2.19. The summed E-state index contributed by atoms with van der Waals surface area (Å²) in [4.78, 5) is 36.6. The molecule has 1 unspecified atom stereocenters. The molecular weight excluding hydrogens is 514 g/mol. The van der Waals surface area contributed by atoms with Crippen molar-refractivity contribution in [1.82, 2.24) is 5.32 Å². The van der Waals surface area contributed by atoms with E-state index in [9.17, 15) is 19.5 Å². The van der Waals surface area contributed by atoms with Crippen molar-refractivity contribution in [2.45, 2.75) is 84.6 Å². The second-order valence-corrected chi connectivity index (χ2v) is 9.93. The molecule has 0 spiro atoms. The van der Waals surface area contributed by atoms with Crippen LogP contribution in [-0.4, -0.2) is 29.0 Å². The Labute approximate surface area is 246 Å². The number of amides is 1. The minimum absolute atomic E-state index is 0.0361. The SMILES string of the molecule is CC/C=C\C/C=C\C/C=C\C/C=C\C/C=C\C/C=C\CCC(=O)NC(CC(C)C)C(=O)Oc1ccccc1C(=O)O. The van der Waals surface area contributed by atoms with Gasteiger partial charge in [0.15, 0.2) is 0 Å². The van der Waals surface area contributed by atoms with E-state index < -0.39 is 18.0 Å². The van der Waals surface area contributed by atoms with Crippen LogP contribution in [0.1, 0.15) is 88.9 Å². The van der Waals surface area contributed by atoms with E-state index in [0.29, 0.717) is 12.8 Å². The molecule has 0 saturated carbocycles. The number of carbonyl (C=O) groups excluding carboxylic acids is 2. The zero-order valence-corrected chi connectivity index (χ0v) is 24.8. The molecule has 0 heterocycles. The van der Waals surface area contributed by atoms with Crippen LogP contribution < -0.4 is 10.1 Å². The van der Waals surface area contributed by atoms with E-state index in [1.54, 1.807) is 12.1 Å². The van der Waals surface area contributed by atoms with Crippen LogP contribution in [0.4, 0.5) is 0 Å². The van der Waals surface area contributed by atoms with Gasteiger partial charge < -0.3 is 15.2 Å². The van der Waals surface area contributed by atoms with Crippen LogP contribution in [0.5, 0.6) is 5.75 Å². The van der Waals surface area contributed by atoms with Crippen molar-refractivity contribution < 1.29 is 24.2 Å². The number of aromatic carboxylic acids is 1. The van der Waals surface area contributed by atoms with Crippen molar-refractivity contribution in [2.24, 2.45) is 5.92 Å². The molecule has 0 aliphatic rings. The molecule has 41 heavy (non-hydrogen) atoms. The average Bonchev–Trinajstić information content (AvgIpc) is 2.93. The van der Waals surface area contributed by atoms with E-state index in [4.69, 9.17) is 4.74 Å². The molecule has 1 atom stereocenters. The van der Waals surface area contributed by atoms with E-state index in [1.807, 2.05) is 26.0 Å². The number of para-hydroxylation sites is 1. The highest BCUT2D eigenvalue weighted by Crippen LogP contribution is 2.19. The lowest BCUT2D eigenvalue weighted by molar-refractivity contribution is -0.139. The Bertz CT molecular complexity index is 1090. The van der Waals surface area contributed by atoms with Crippen LogP contribution in [0.3, 0.4) is 0 Å². The molecular formula is C35H47NO5. The molecule has 0 aliphatic carbocycles. The van der Waals surface area contributed by atoms with Crippen LogP contribution in [0.25, 0.3) is 0 Å². The molecule has 0 radical (unpaired) electrons. The first-order chi connectivity index (χ1) is 19.8. The number of nitrogens with one attached hydrogen (secondary N) is 1. The first kappa shape index (κ1) is 35.1. The van der Waals surface area contributed by atoms with Gasteiger partial charge in [-0.15, -0.1) is 0 Å². The summed E-state index contributed by atoms with van der Waals surface area (Å²) in [7, 11) is 0. The van der Waals surface area contributed by atoms with Crippen molar-refractivity contribution in [2.75, 3.05) is 0 Å². The number of ether oxygens (including phenoxy) is 1. The summed E-state index contributed by atoms with van der Waals surface area (Å²) >= 11 is 0. The lowest BCUT2D eigenvalue weighted by Crippen LogP contribution is -2.43. The lowest BCUT2D eigenvalue weighted by atomic mass is 10.0. The smallest absolute Gasteiger partial charge is 0.339 e. The van der Waals surface area contributed by atoms with Crippen molar-refractivity contribution in [3.8, 4) is 5.75 Å². The monoisotopic (exact) mass is 561 g/mol. The Morgan fingerprint density at radius 1 is 0.780 bits per heavy atom. The maximum Gasteiger partial charge on any atom is 0.339 e. The average molecular weight is 562 g/mol. The van der Waals surface area contributed by atoms with Gasteiger partial charge >= 0.3 is 11.9 Å². The highest BCUT2D eigenvalue weighted by molar-refractivity contribution is 5.93. The molecule has 0 fully saturated rings. The van der Waals surface area contributed by atoms with Gasteiger partial charge in [-0.1, -0.05) is 106 Å². The van der Waals surface area contributed by atoms with Crippen molar-refractivity contribution in [3.05, 3.63) is 103 Å². The second kappa shape index (κ2) is 22.8. The van der Waals surface area contributed by atoms with Gasteiger partial charge in [0.2, 0.25) is 5.91 Å². The topological polar surface area (TPSA) is 92.7 Å². The van der Waals surface area contributed by atoms with E-state index in [2.05, 4.69) is 73.0 Å². The number of allylic oxidation sites excluding steroid dienone is 12.